The normalized spacial score (nSPS) is 21.2. The Morgan fingerprint density at radius 1 is 1.16 bits per heavy atom. The highest BCUT2D eigenvalue weighted by molar-refractivity contribution is 6.03. The summed E-state index contributed by atoms with van der Waals surface area (Å²) >= 11 is 0. The SMILES string of the molecule is COc1ccc(C2=NN(C(=O)CN3CCCC3c3cccn3C)C(c3ccco3)C2)cc1. The second-order valence-electron chi connectivity index (χ2n) is 8.42. The predicted molar refractivity (Wildman–Crippen MR) is 121 cm³/mol. The molecule has 0 aliphatic carbocycles. The van der Waals surface area contributed by atoms with Gasteiger partial charge in [0.25, 0.3) is 5.91 Å². The summed E-state index contributed by atoms with van der Waals surface area (Å²) in [6, 6.07) is 15.8. The average molecular weight is 433 g/mol. The second kappa shape index (κ2) is 8.67. The Balaban J connectivity index is 1.39. The van der Waals surface area contributed by atoms with E-state index >= 15 is 0 Å². The van der Waals surface area contributed by atoms with Crippen LogP contribution in [0, 0.1) is 0 Å². The molecule has 2 atom stereocenters. The van der Waals surface area contributed by atoms with E-state index < -0.39 is 0 Å². The molecule has 1 amide bonds. The van der Waals surface area contributed by atoms with Crippen LogP contribution >= 0.6 is 0 Å². The number of amides is 1. The van der Waals surface area contributed by atoms with Crippen molar-refractivity contribution in [1.82, 2.24) is 14.5 Å². The quantitative estimate of drug-likeness (QED) is 0.587. The number of hydrogen-bond donors (Lipinski definition) is 0. The maximum absolute atomic E-state index is 13.5. The first-order valence-electron chi connectivity index (χ1n) is 11.1. The Labute approximate surface area is 187 Å². The van der Waals surface area contributed by atoms with Gasteiger partial charge in [-0.2, -0.15) is 5.10 Å². The topological polar surface area (TPSA) is 63.2 Å². The highest BCUT2D eigenvalue weighted by Gasteiger charge is 2.37. The lowest BCUT2D eigenvalue weighted by molar-refractivity contribution is -0.134. The number of likely N-dealkylation sites (tertiary alicyclic amines) is 1. The van der Waals surface area contributed by atoms with E-state index in [1.807, 2.05) is 36.4 Å². The van der Waals surface area contributed by atoms with E-state index in [2.05, 4.69) is 34.8 Å². The number of rotatable bonds is 6. The Bertz CT molecular complexity index is 1100. The fraction of sp³-hybridized carbons (Fsp3) is 0.360. The van der Waals surface area contributed by atoms with Gasteiger partial charge in [0.05, 0.1) is 31.7 Å². The number of ether oxygens (including phenoxy) is 1. The molecule has 7 nitrogen and oxygen atoms in total. The number of carbonyl (C=O) groups is 1. The molecule has 0 spiro atoms. The van der Waals surface area contributed by atoms with Crippen LogP contribution in [0.15, 0.2) is 70.5 Å². The molecule has 1 fully saturated rings. The first kappa shape index (κ1) is 20.6. The van der Waals surface area contributed by atoms with Crippen LogP contribution in [0.2, 0.25) is 0 Å². The van der Waals surface area contributed by atoms with Gasteiger partial charge in [-0.15, -0.1) is 0 Å². The van der Waals surface area contributed by atoms with Gasteiger partial charge in [-0.1, -0.05) is 0 Å². The number of aromatic nitrogens is 1. The highest BCUT2D eigenvalue weighted by Crippen LogP contribution is 2.35. The number of methoxy groups -OCH3 is 1. The van der Waals surface area contributed by atoms with Crippen LogP contribution in [0.3, 0.4) is 0 Å². The van der Waals surface area contributed by atoms with Crippen LogP contribution in [0.4, 0.5) is 0 Å². The molecule has 0 N–H and O–H groups in total. The van der Waals surface area contributed by atoms with Crippen molar-refractivity contribution >= 4 is 11.6 Å². The van der Waals surface area contributed by atoms with Gasteiger partial charge in [-0.25, -0.2) is 5.01 Å². The fourth-order valence-electron chi connectivity index (χ4n) is 4.82. The number of furan rings is 1. The zero-order valence-corrected chi connectivity index (χ0v) is 18.5. The largest absolute Gasteiger partial charge is 0.497 e. The summed E-state index contributed by atoms with van der Waals surface area (Å²) in [4.78, 5) is 15.8. The van der Waals surface area contributed by atoms with E-state index in [0.29, 0.717) is 13.0 Å². The highest BCUT2D eigenvalue weighted by atomic mass is 16.5. The third-order valence-corrected chi connectivity index (χ3v) is 6.49. The molecule has 2 unspecified atom stereocenters. The summed E-state index contributed by atoms with van der Waals surface area (Å²) in [6.07, 6.45) is 6.48. The van der Waals surface area contributed by atoms with Gasteiger partial charge in [-0.3, -0.25) is 9.69 Å². The van der Waals surface area contributed by atoms with Gasteiger partial charge >= 0.3 is 0 Å². The maximum Gasteiger partial charge on any atom is 0.257 e. The first-order chi connectivity index (χ1) is 15.6. The lowest BCUT2D eigenvalue weighted by Crippen LogP contribution is -2.38. The summed E-state index contributed by atoms with van der Waals surface area (Å²) in [5.41, 5.74) is 3.12. The molecule has 1 aromatic carbocycles. The number of hydrogen-bond acceptors (Lipinski definition) is 5. The Morgan fingerprint density at radius 2 is 2.00 bits per heavy atom. The zero-order chi connectivity index (χ0) is 22.1. The number of hydrazone groups is 1. The monoisotopic (exact) mass is 432 g/mol. The third-order valence-electron chi connectivity index (χ3n) is 6.49. The van der Waals surface area contributed by atoms with Gasteiger partial charge in [0.2, 0.25) is 0 Å². The van der Waals surface area contributed by atoms with E-state index in [1.165, 1.54) is 5.69 Å². The lowest BCUT2D eigenvalue weighted by Gasteiger charge is -2.27. The van der Waals surface area contributed by atoms with Crippen molar-refractivity contribution in [3.8, 4) is 5.75 Å². The summed E-state index contributed by atoms with van der Waals surface area (Å²) in [7, 11) is 3.71. The lowest BCUT2D eigenvalue weighted by atomic mass is 10.0. The standard InChI is InChI=1S/C25H28N4O3/c1-27-13-3-6-21(27)22-7-4-14-28(22)17-25(30)29-23(24-8-5-15-32-24)16-20(26-29)18-9-11-19(31-2)12-10-18/h3,5-6,8-13,15,22-23H,4,7,14,16-17H2,1-2H3. The first-order valence-corrected chi connectivity index (χ1v) is 11.1. The minimum Gasteiger partial charge on any atom is -0.497 e. The van der Waals surface area contributed by atoms with Crippen LogP contribution in [-0.4, -0.2) is 46.3 Å². The molecular weight excluding hydrogens is 404 g/mol. The minimum atomic E-state index is -0.231. The third kappa shape index (κ3) is 3.84. The Morgan fingerprint density at radius 3 is 2.69 bits per heavy atom. The van der Waals surface area contributed by atoms with E-state index in [4.69, 9.17) is 14.3 Å². The smallest absolute Gasteiger partial charge is 0.257 e. The minimum absolute atomic E-state index is 0.00368. The predicted octanol–water partition coefficient (Wildman–Crippen LogP) is 4.14. The molecule has 0 bridgehead atoms. The number of carbonyl (C=O) groups excluding carboxylic acids is 1. The molecular formula is C25H28N4O3. The van der Waals surface area contributed by atoms with Crippen molar-refractivity contribution in [2.75, 3.05) is 20.2 Å². The van der Waals surface area contributed by atoms with Gasteiger partial charge in [0.1, 0.15) is 17.6 Å². The molecule has 2 aliphatic heterocycles. The number of benzene rings is 1. The summed E-state index contributed by atoms with van der Waals surface area (Å²) in [5.74, 6) is 1.55. The van der Waals surface area contributed by atoms with Crippen molar-refractivity contribution in [3.05, 3.63) is 78.0 Å². The molecule has 0 saturated carbocycles. The second-order valence-corrected chi connectivity index (χ2v) is 8.42. The van der Waals surface area contributed by atoms with Gasteiger partial charge < -0.3 is 13.7 Å². The zero-order valence-electron chi connectivity index (χ0n) is 18.5. The molecule has 2 aromatic heterocycles. The van der Waals surface area contributed by atoms with Crippen molar-refractivity contribution in [1.29, 1.82) is 0 Å². The molecule has 0 radical (unpaired) electrons. The molecule has 5 rings (SSSR count). The summed E-state index contributed by atoms with van der Waals surface area (Å²) in [6.45, 7) is 1.25. The van der Waals surface area contributed by atoms with E-state index in [-0.39, 0.29) is 18.0 Å². The Kier molecular flexibility index (Phi) is 5.57. The molecule has 7 heteroatoms. The van der Waals surface area contributed by atoms with E-state index in [0.717, 1.165) is 42.2 Å². The summed E-state index contributed by atoms with van der Waals surface area (Å²) in [5, 5.41) is 6.39. The van der Waals surface area contributed by atoms with Crippen molar-refractivity contribution in [3.63, 3.8) is 0 Å². The molecule has 3 aromatic rings. The molecule has 1 saturated heterocycles. The molecule has 32 heavy (non-hydrogen) atoms. The summed E-state index contributed by atoms with van der Waals surface area (Å²) < 4.78 is 13.1. The number of nitrogens with zero attached hydrogens (tertiary/aromatic N) is 4. The van der Waals surface area contributed by atoms with Crippen LogP contribution in [0.5, 0.6) is 5.75 Å². The van der Waals surface area contributed by atoms with Crippen LogP contribution < -0.4 is 4.74 Å². The van der Waals surface area contributed by atoms with E-state index in [9.17, 15) is 4.79 Å². The fourth-order valence-corrected chi connectivity index (χ4v) is 4.82. The average Bonchev–Trinajstić information content (AvgIpc) is 3.60. The molecule has 166 valence electrons. The van der Waals surface area contributed by atoms with Crippen molar-refractivity contribution in [2.24, 2.45) is 12.1 Å². The van der Waals surface area contributed by atoms with Crippen LogP contribution in [-0.2, 0) is 11.8 Å². The Hall–Kier alpha value is -3.32. The van der Waals surface area contributed by atoms with Crippen molar-refractivity contribution in [2.45, 2.75) is 31.3 Å². The molecule has 4 heterocycles. The van der Waals surface area contributed by atoms with Gasteiger partial charge in [0.15, 0.2) is 0 Å². The molecule has 2 aliphatic rings. The van der Waals surface area contributed by atoms with Gasteiger partial charge in [-0.05, 0) is 73.5 Å². The maximum atomic E-state index is 13.5. The number of aryl methyl sites for hydroxylation is 1. The van der Waals surface area contributed by atoms with Crippen LogP contribution in [0.1, 0.15) is 48.4 Å². The van der Waals surface area contributed by atoms with Crippen molar-refractivity contribution < 1.29 is 13.9 Å². The van der Waals surface area contributed by atoms with E-state index in [1.54, 1.807) is 18.4 Å². The van der Waals surface area contributed by atoms with Gasteiger partial charge in [0, 0.05) is 25.4 Å². The van der Waals surface area contributed by atoms with Crippen LogP contribution in [0.25, 0.3) is 0 Å².